The molecular weight excluding hydrogens is 220 g/mol. The minimum atomic E-state index is 0.192. The predicted molar refractivity (Wildman–Crippen MR) is 74.3 cm³/mol. The second-order valence-electron chi connectivity index (χ2n) is 5.17. The van der Waals surface area contributed by atoms with E-state index in [9.17, 15) is 0 Å². The first-order chi connectivity index (χ1) is 8.84. The monoisotopic (exact) mass is 238 g/mol. The molecule has 0 bridgehead atoms. The van der Waals surface area contributed by atoms with Gasteiger partial charge in [0.05, 0.1) is 0 Å². The van der Waals surface area contributed by atoms with Crippen LogP contribution in [-0.4, -0.2) is 11.5 Å². The summed E-state index contributed by atoms with van der Waals surface area (Å²) in [6, 6.07) is 12.7. The van der Waals surface area contributed by atoms with Crippen molar-refractivity contribution < 1.29 is 0 Å². The van der Waals surface area contributed by atoms with Crippen LogP contribution in [0.2, 0.25) is 0 Å². The van der Waals surface area contributed by atoms with Gasteiger partial charge in [0.25, 0.3) is 0 Å². The maximum absolute atomic E-state index is 5.96. The van der Waals surface area contributed by atoms with Crippen LogP contribution >= 0.6 is 0 Å². The van der Waals surface area contributed by atoms with Crippen molar-refractivity contribution in [3.05, 3.63) is 54.4 Å². The van der Waals surface area contributed by atoms with Crippen LogP contribution in [0.5, 0.6) is 0 Å². The lowest BCUT2D eigenvalue weighted by Crippen LogP contribution is -2.41. The summed E-state index contributed by atoms with van der Waals surface area (Å²) < 4.78 is 0. The van der Waals surface area contributed by atoms with Crippen molar-refractivity contribution in [3.8, 4) is 11.1 Å². The number of aromatic nitrogens is 1. The van der Waals surface area contributed by atoms with E-state index in [1.165, 1.54) is 36.0 Å². The first-order valence-electron chi connectivity index (χ1n) is 6.55. The average Bonchev–Trinajstić information content (AvgIpc) is 2.40. The van der Waals surface area contributed by atoms with E-state index in [1.807, 2.05) is 18.5 Å². The molecule has 0 aliphatic heterocycles. The van der Waals surface area contributed by atoms with E-state index in [0.717, 1.165) is 6.54 Å². The summed E-state index contributed by atoms with van der Waals surface area (Å²) in [5, 5.41) is 0. The molecule has 1 fully saturated rings. The summed E-state index contributed by atoms with van der Waals surface area (Å²) in [7, 11) is 0. The third-order valence-corrected chi connectivity index (χ3v) is 4.16. The lowest BCUT2D eigenvalue weighted by molar-refractivity contribution is 0.252. The summed E-state index contributed by atoms with van der Waals surface area (Å²) in [5.74, 6) is 0. The van der Waals surface area contributed by atoms with Gasteiger partial charge in [-0.05, 0) is 30.0 Å². The van der Waals surface area contributed by atoms with Crippen LogP contribution in [0.3, 0.4) is 0 Å². The van der Waals surface area contributed by atoms with Gasteiger partial charge in [-0.15, -0.1) is 0 Å². The van der Waals surface area contributed by atoms with Gasteiger partial charge in [0.2, 0.25) is 0 Å². The van der Waals surface area contributed by atoms with Crippen LogP contribution in [0.25, 0.3) is 11.1 Å². The largest absolute Gasteiger partial charge is 0.330 e. The number of pyridine rings is 1. The zero-order chi connectivity index (χ0) is 12.4. The van der Waals surface area contributed by atoms with E-state index >= 15 is 0 Å². The van der Waals surface area contributed by atoms with E-state index in [-0.39, 0.29) is 5.41 Å². The lowest BCUT2D eigenvalue weighted by atomic mass is 9.65. The van der Waals surface area contributed by atoms with E-state index in [4.69, 9.17) is 5.73 Å². The van der Waals surface area contributed by atoms with E-state index in [1.54, 1.807) is 0 Å². The third kappa shape index (κ3) is 1.83. The fraction of sp³-hybridized carbons (Fsp3) is 0.312. The Labute approximate surface area is 108 Å². The molecule has 2 nitrogen and oxygen atoms in total. The van der Waals surface area contributed by atoms with E-state index in [2.05, 4.69) is 35.3 Å². The molecule has 2 heteroatoms. The minimum Gasteiger partial charge on any atom is -0.330 e. The molecule has 1 aromatic carbocycles. The van der Waals surface area contributed by atoms with Crippen molar-refractivity contribution in [3.63, 3.8) is 0 Å². The number of rotatable bonds is 3. The maximum atomic E-state index is 5.96. The number of benzene rings is 1. The summed E-state index contributed by atoms with van der Waals surface area (Å²) in [6.07, 6.45) is 7.60. The number of nitrogens with zero attached hydrogens (tertiary/aromatic N) is 1. The highest BCUT2D eigenvalue weighted by Gasteiger charge is 2.37. The molecule has 0 saturated heterocycles. The SMILES string of the molecule is NCC1(c2cncc(-c3ccccc3)c2)CCC1. The minimum absolute atomic E-state index is 0.192. The Morgan fingerprint density at radius 1 is 1.06 bits per heavy atom. The van der Waals surface area contributed by atoms with Crippen LogP contribution < -0.4 is 5.73 Å². The number of hydrogen-bond donors (Lipinski definition) is 1. The van der Waals surface area contributed by atoms with E-state index < -0.39 is 0 Å². The Hall–Kier alpha value is -1.67. The van der Waals surface area contributed by atoms with Crippen molar-refractivity contribution in [2.75, 3.05) is 6.54 Å². The smallest absolute Gasteiger partial charge is 0.0346 e. The summed E-state index contributed by atoms with van der Waals surface area (Å²) in [6.45, 7) is 0.729. The van der Waals surface area contributed by atoms with Crippen molar-refractivity contribution in [2.45, 2.75) is 24.7 Å². The maximum Gasteiger partial charge on any atom is 0.0346 e. The van der Waals surface area contributed by atoms with Gasteiger partial charge in [-0.2, -0.15) is 0 Å². The summed E-state index contributed by atoms with van der Waals surface area (Å²) in [4.78, 5) is 4.40. The molecule has 2 N–H and O–H groups in total. The number of nitrogens with two attached hydrogens (primary N) is 1. The molecule has 1 aliphatic carbocycles. The van der Waals surface area contributed by atoms with Crippen molar-refractivity contribution in [1.82, 2.24) is 4.98 Å². The molecular formula is C16H18N2. The Morgan fingerprint density at radius 3 is 2.44 bits per heavy atom. The molecule has 3 rings (SSSR count). The van der Waals surface area contributed by atoms with Gasteiger partial charge >= 0.3 is 0 Å². The molecule has 2 aromatic rings. The van der Waals surface area contributed by atoms with Crippen LogP contribution in [0.4, 0.5) is 0 Å². The molecule has 1 aromatic heterocycles. The third-order valence-electron chi connectivity index (χ3n) is 4.16. The normalized spacial score (nSPS) is 17.2. The number of hydrogen-bond acceptors (Lipinski definition) is 2. The Balaban J connectivity index is 1.99. The highest BCUT2D eigenvalue weighted by molar-refractivity contribution is 5.63. The highest BCUT2D eigenvalue weighted by Crippen LogP contribution is 2.43. The topological polar surface area (TPSA) is 38.9 Å². The molecule has 92 valence electrons. The molecule has 0 atom stereocenters. The Morgan fingerprint density at radius 2 is 1.83 bits per heavy atom. The summed E-state index contributed by atoms with van der Waals surface area (Å²) in [5.41, 5.74) is 9.87. The van der Waals surface area contributed by atoms with Gasteiger partial charge in [-0.3, -0.25) is 4.98 Å². The second-order valence-corrected chi connectivity index (χ2v) is 5.17. The highest BCUT2D eigenvalue weighted by atomic mass is 14.7. The van der Waals surface area contributed by atoms with Crippen molar-refractivity contribution in [2.24, 2.45) is 5.73 Å². The zero-order valence-electron chi connectivity index (χ0n) is 10.5. The first kappa shape index (κ1) is 11.4. The van der Waals surface area contributed by atoms with Crippen molar-refractivity contribution >= 4 is 0 Å². The second kappa shape index (κ2) is 4.54. The molecule has 1 saturated carbocycles. The molecule has 1 aliphatic rings. The fourth-order valence-electron chi connectivity index (χ4n) is 2.73. The van der Waals surface area contributed by atoms with E-state index in [0.29, 0.717) is 0 Å². The molecule has 0 spiro atoms. The zero-order valence-corrected chi connectivity index (χ0v) is 10.5. The predicted octanol–water partition coefficient (Wildman–Crippen LogP) is 3.13. The van der Waals surface area contributed by atoms with Gasteiger partial charge in [-0.1, -0.05) is 36.8 Å². The Kier molecular flexibility index (Phi) is 2.88. The average molecular weight is 238 g/mol. The quantitative estimate of drug-likeness (QED) is 0.892. The van der Waals surface area contributed by atoms with Crippen molar-refractivity contribution in [1.29, 1.82) is 0 Å². The van der Waals surface area contributed by atoms with Gasteiger partial charge in [0.1, 0.15) is 0 Å². The molecule has 0 amide bonds. The van der Waals surface area contributed by atoms with Gasteiger partial charge in [0.15, 0.2) is 0 Å². The van der Waals surface area contributed by atoms with Crippen LogP contribution in [-0.2, 0) is 5.41 Å². The van der Waals surface area contributed by atoms with Crippen LogP contribution in [0, 0.1) is 0 Å². The van der Waals surface area contributed by atoms with Gasteiger partial charge < -0.3 is 5.73 Å². The summed E-state index contributed by atoms with van der Waals surface area (Å²) >= 11 is 0. The van der Waals surface area contributed by atoms with Crippen LogP contribution in [0.15, 0.2) is 48.8 Å². The molecule has 0 unspecified atom stereocenters. The fourth-order valence-corrected chi connectivity index (χ4v) is 2.73. The first-order valence-corrected chi connectivity index (χ1v) is 6.55. The molecule has 18 heavy (non-hydrogen) atoms. The van der Waals surface area contributed by atoms with Gasteiger partial charge in [0, 0.05) is 29.9 Å². The molecule has 0 radical (unpaired) electrons. The van der Waals surface area contributed by atoms with Crippen LogP contribution in [0.1, 0.15) is 24.8 Å². The molecule has 1 heterocycles. The Bertz CT molecular complexity index is 524. The standard InChI is InChI=1S/C16H18N2/c17-12-16(7-4-8-16)15-9-14(10-18-11-15)13-5-2-1-3-6-13/h1-3,5-6,9-11H,4,7-8,12,17H2. The van der Waals surface area contributed by atoms with Gasteiger partial charge in [-0.25, -0.2) is 0 Å². The lowest BCUT2D eigenvalue weighted by Gasteiger charge is -2.41.